The first kappa shape index (κ1) is 8.76. The first-order valence-corrected chi connectivity index (χ1v) is 3.40. The van der Waals surface area contributed by atoms with E-state index >= 15 is 0 Å². The molecule has 0 aliphatic carbocycles. The number of allylic oxidation sites excluding steroid dienone is 1. The maximum absolute atomic E-state index is 8.84. The van der Waals surface area contributed by atoms with Gasteiger partial charge in [0.2, 0.25) is 0 Å². The lowest BCUT2D eigenvalue weighted by atomic mass is 10.2. The monoisotopic (exact) mass is 167 g/mol. The summed E-state index contributed by atoms with van der Waals surface area (Å²) in [6.45, 7) is 3.50. The van der Waals surface area contributed by atoms with Crippen LogP contribution >= 0.6 is 0 Å². The number of aliphatic hydroxyl groups excluding tert-OH is 1. The van der Waals surface area contributed by atoms with Crippen LogP contribution in [-0.4, -0.2) is 25.6 Å². The van der Waals surface area contributed by atoms with Gasteiger partial charge in [0.25, 0.3) is 0 Å². The van der Waals surface area contributed by atoms with Crippen LogP contribution in [0.5, 0.6) is 0 Å². The number of rotatable bonds is 3. The molecule has 0 aliphatic rings. The van der Waals surface area contributed by atoms with Crippen molar-refractivity contribution in [2.45, 2.75) is 12.7 Å². The standard InChI is InChI=1S/C7H9N3O2/c1-2-3-6-5(7(11)12)4-8-10-9-6/h2,4,7,11-12H,1,3H2. The van der Waals surface area contributed by atoms with Gasteiger partial charge in [-0.1, -0.05) is 6.08 Å². The first-order chi connectivity index (χ1) is 5.75. The molecular formula is C7H9N3O2. The smallest absolute Gasteiger partial charge is 0.181 e. The lowest BCUT2D eigenvalue weighted by Gasteiger charge is -2.05. The molecule has 64 valence electrons. The van der Waals surface area contributed by atoms with Crippen molar-refractivity contribution in [2.75, 3.05) is 0 Å². The third kappa shape index (κ3) is 1.84. The number of nitrogens with zero attached hydrogens (tertiary/aromatic N) is 3. The molecule has 0 fully saturated rings. The van der Waals surface area contributed by atoms with Gasteiger partial charge in [-0.25, -0.2) is 0 Å². The topological polar surface area (TPSA) is 79.1 Å². The van der Waals surface area contributed by atoms with Gasteiger partial charge in [0, 0.05) is 6.42 Å². The second-order valence-electron chi connectivity index (χ2n) is 2.20. The average Bonchev–Trinajstić information content (AvgIpc) is 2.05. The Morgan fingerprint density at radius 1 is 1.58 bits per heavy atom. The van der Waals surface area contributed by atoms with E-state index in [0.717, 1.165) is 0 Å². The van der Waals surface area contributed by atoms with Crippen molar-refractivity contribution in [3.05, 3.63) is 30.1 Å². The van der Waals surface area contributed by atoms with Gasteiger partial charge < -0.3 is 10.2 Å². The fourth-order valence-corrected chi connectivity index (χ4v) is 0.811. The molecule has 0 radical (unpaired) electrons. The summed E-state index contributed by atoms with van der Waals surface area (Å²) in [6, 6.07) is 0. The lowest BCUT2D eigenvalue weighted by Crippen LogP contribution is -2.05. The van der Waals surface area contributed by atoms with Crippen molar-refractivity contribution in [2.24, 2.45) is 0 Å². The molecule has 1 aromatic rings. The number of aliphatic hydroxyl groups is 2. The molecule has 0 unspecified atom stereocenters. The van der Waals surface area contributed by atoms with E-state index in [9.17, 15) is 0 Å². The highest BCUT2D eigenvalue weighted by Gasteiger charge is 2.09. The molecule has 5 nitrogen and oxygen atoms in total. The highest BCUT2D eigenvalue weighted by atomic mass is 16.5. The summed E-state index contributed by atoms with van der Waals surface area (Å²) in [6.07, 6.45) is 1.78. The highest BCUT2D eigenvalue weighted by Crippen LogP contribution is 2.11. The normalized spacial score (nSPS) is 10.2. The van der Waals surface area contributed by atoms with Gasteiger partial charge >= 0.3 is 0 Å². The van der Waals surface area contributed by atoms with E-state index in [4.69, 9.17) is 10.2 Å². The molecule has 1 heterocycles. The predicted molar refractivity (Wildman–Crippen MR) is 40.9 cm³/mol. The van der Waals surface area contributed by atoms with Crippen LogP contribution in [0.25, 0.3) is 0 Å². The number of hydrogen-bond acceptors (Lipinski definition) is 5. The van der Waals surface area contributed by atoms with Gasteiger partial charge in [0.05, 0.1) is 17.5 Å². The van der Waals surface area contributed by atoms with Crippen LogP contribution in [0.1, 0.15) is 17.5 Å². The second-order valence-corrected chi connectivity index (χ2v) is 2.20. The minimum atomic E-state index is -1.55. The zero-order chi connectivity index (χ0) is 8.97. The average molecular weight is 167 g/mol. The Balaban J connectivity index is 2.99. The quantitative estimate of drug-likeness (QED) is 0.472. The van der Waals surface area contributed by atoms with E-state index in [1.165, 1.54) is 6.20 Å². The molecule has 0 amide bonds. The summed E-state index contributed by atoms with van der Waals surface area (Å²) < 4.78 is 0. The molecule has 0 aromatic carbocycles. The summed E-state index contributed by atoms with van der Waals surface area (Å²) >= 11 is 0. The van der Waals surface area contributed by atoms with E-state index < -0.39 is 6.29 Å². The molecule has 0 saturated heterocycles. The fraction of sp³-hybridized carbons (Fsp3) is 0.286. The highest BCUT2D eigenvalue weighted by molar-refractivity contribution is 5.17. The predicted octanol–water partition coefficient (Wildman–Crippen LogP) is -0.417. The van der Waals surface area contributed by atoms with E-state index in [0.29, 0.717) is 12.1 Å². The SMILES string of the molecule is C=CCc1nnncc1C(O)O. The third-order valence-corrected chi connectivity index (χ3v) is 1.36. The van der Waals surface area contributed by atoms with Gasteiger partial charge in [0.1, 0.15) is 0 Å². The van der Waals surface area contributed by atoms with Gasteiger partial charge in [-0.05, 0) is 5.21 Å². The Morgan fingerprint density at radius 3 is 2.92 bits per heavy atom. The van der Waals surface area contributed by atoms with Gasteiger partial charge in [-0.15, -0.1) is 16.8 Å². The molecule has 0 aliphatic heterocycles. The Kier molecular flexibility index (Phi) is 2.84. The van der Waals surface area contributed by atoms with Crippen LogP contribution in [-0.2, 0) is 6.42 Å². The van der Waals surface area contributed by atoms with Crippen LogP contribution in [0.4, 0.5) is 0 Å². The largest absolute Gasteiger partial charge is 0.364 e. The summed E-state index contributed by atoms with van der Waals surface area (Å²) in [5, 5.41) is 28.1. The Labute approximate surface area is 69.4 Å². The van der Waals surface area contributed by atoms with Crippen LogP contribution in [0, 0.1) is 0 Å². The van der Waals surface area contributed by atoms with Crippen LogP contribution in [0.15, 0.2) is 18.9 Å². The molecule has 5 heteroatoms. The fourth-order valence-electron chi connectivity index (χ4n) is 0.811. The zero-order valence-corrected chi connectivity index (χ0v) is 6.38. The van der Waals surface area contributed by atoms with Crippen LogP contribution in [0.2, 0.25) is 0 Å². The minimum Gasteiger partial charge on any atom is -0.364 e. The van der Waals surface area contributed by atoms with Crippen molar-refractivity contribution >= 4 is 0 Å². The molecule has 0 bridgehead atoms. The molecule has 0 spiro atoms. The molecule has 0 saturated carbocycles. The molecule has 1 aromatic heterocycles. The zero-order valence-electron chi connectivity index (χ0n) is 6.38. The maximum Gasteiger partial charge on any atom is 0.181 e. The first-order valence-electron chi connectivity index (χ1n) is 3.40. The number of aromatic nitrogens is 3. The second kappa shape index (κ2) is 3.89. The van der Waals surface area contributed by atoms with Gasteiger partial charge in [-0.2, -0.15) is 0 Å². The number of hydrogen-bond donors (Lipinski definition) is 2. The van der Waals surface area contributed by atoms with Crippen LogP contribution < -0.4 is 0 Å². The van der Waals surface area contributed by atoms with E-state index in [-0.39, 0.29) is 5.56 Å². The Hall–Kier alpha value is -1.33. The lowest BCUT2D eigenvalue weighted by molar-refractivity contribution is -0.0437. The van der Waals surface area contributed by atoms with Crippen LogP contribution in [0.3, 0.4) is 0 Å². The molecular weight excluding hydrogens is 158 g/mol. The summed E-state index contributed by atoms with van der Waals surface area (Å²) in [4.78, 5) is 0. The summed E-state index contributed by atoms with van der Waals surface area (Å²) in [5.41, 5.74) is 0.750. The van der Waals surface area contributed by atoms with Crippen molar-refractivity contribution in [1.29, 1.82) is 0 Å². The Morgan fingerprint density at radius 2 is 2.33 bits per heavy atom. The van der Waals surface area contributed by atoms with Crippen molar-refractivity contribution in [3.8, 4) is 0 Å². The van der Waals surface area contributed by atoms with E-state index in [1.807, 2.05) is 0 Å². The molecule has 0 atom stereocenters. The summed E-state index contributed by atoms with van der Waals surface area (Å²) in [5.74, 6) is 0. The van der Waals surface area contributed by atoms with E-state index in [1.54, 1.807) is 6.08 Å². The molecule has 12 heavy (non-hydrogen) atoms. The van der Waals surface area contributed by atoms with E-state index in [2.05, 4.69) is 22.0 Å². The van der Waals surface area contributed by atoms with Crippen molar-refractivity contribution < 1.29 is 10.2 Å². The Bertz CT molecular complexity index is 275. The van der Waals surface area contributed by atoms with Gasteiger partial charge in [-0.3, -0.25) is 0 Å². The van der Waals surface area contributed by atoms with Gasteiger partial charge in [0.15, 0.2) is 6.29 Å². The molecule has 1 rings (SSSR count). The van der Waals surface area contributed by atoms with Crippen molar-refractivity contribution in [3.63, 3.8) is 0 Å². The minimum absolute atomic E-state index is 0.268. The third-order valence-electron chi connectivity index (χ3n) is 1.36. The maximum atomic E-state index is 8.84. The van der Waals surface area contributed by atoms with Crippen molar-refractivity contribution in [1.82, 2.24) is 15.4 Å². The molecule has 2 N–H and O–H groups in total. The summed E-state index contributed by atoms with van der Waals surface area (Å²) in [7, 11) is 0.